The summed E-state index contributed by atoms with van der Waals surface area (Å²) in [4.78, 5) is 35.5. The van der Waals surface area contributed by atoms with E-state index in [1.165, 1.54) is 20.4 Å². The standard InChI is InChI=1S/C23H26BrN3O6/c1-14-5-6-15(2)18(9-14)26-20(28)7-8-21(29)27-25-12-16-10-17(24)23(19(11-16)31-3)33-13-22(30)32-4/h5-6,9-12H,7-8,13H2,1-4H3,(H,26,28)(H,27,29). The van der Waals surface area contributed by atoms with E-state index in [4.69, 9.17) is 9.47 Å². The zero-order chi connectivity index (χ0) is 24.4. The first-order valence-electron chi connectivity index (χ1n) is 9.99. The Hall–Kier alpha value is -3.40. The molecule has 0 bridgehead atoms. The third kappa shape index (κ3) is 8.23. The highest BCUT2D eigenvalue weighted by atomic mass is 79.9. The van der Waals surface area contributed by atoms with Crippen molar-refractivity contribution in [2.24, 2.45) is 5.10 Å². The van der Waals surface area contributed by atoms with Crippen LogP contribution in [0.5, 0.6) is 11.5 Å². The second-order valence-electron chi connectivity index (χ2n) is 7.06. The molecule has 2 rings (SSSR count). The number of benzene rings is 2. The summed E-state index contributed by atoms with van der Waals surface area (Å²) in [5.41, 5.74) is 5.72. The second kappa shape index (κ2) is 12.6. The van der Waals surface area contributed by atoms with Gasteiger partial charge in [0, 0.05) is 18.5 Å². The van der Waals surface area contributed by atoms with Crippen LogP contribution in [-0.4, -0.2) is 44.8 Å². The lowest BCUT2D eigenvalue weighted by Crippen LogP contribution is -2.21. The van der Waals surface area contributed by atoms with E-state index in [-0.39, 0.29) is 25.4 Å². The largest absolute Gasteiger partial charge is 0.493 e. The number of hydrogen-bond donors (Lipinski definition) is 2. The van der Waals surface area contributed by atoms with Crippen molar-refractivity contribution in [3.8, 4) is 11.5 Å². The first-order chi connectivity index (χ1) is 15.7. The number of anilines is 1. The highest BCUT2D eigenvalue weighted by molar-refractivity contribution is 9.10. The molecule has 0 aliphatic rings. The van der Waals surface area contributed by atoms with E-state index in [0.29, 0.717) is 21.5 Å². The molecule has 0 fully saturated rings. The van der Waals surface area contributed by atoms with E-state index in [1.54, 1.807) is 12.1 Å². The predicted molar refractivity (Wildman–Crippen MR) is 128 cm³/mol. The third-order valence-corrected chi connectivity index (χ3v) is 5.05. The number of ether oxygens (including phenoxy) is 3. The average Bonchev–Trinajstić information content (AvgIpc) is 2.78. The normalized spacial score (nSPS) is 10.6. The van der Waals surface area contributed by atoms with E-state index < -0.39 is 11.9 Å². The van der Waals surface area contributed by atoms with Crippen LogP contribution in [0.2, 0.25) is 0 Å². The van der Waals surface area contributed by atoms with Gasteiger partial charge >= 0.3 is 5.97 Å². The summed E-state index contributed by atoms with van der Waals surface area (Å²) in [6, 6.07) is 9.09. The smallest absolute Gasteiger partial charge is 0.343 e. The summed E-state index contributed by atoms with van der Waals surface area (Å²) in [6.45, 7) is 3.57. The highest BCUT2D eigenvalue weighted by Gasteiger charge is 2.13. The zero-order valence-electron chi connectivity index (χ0n) is 18.9. The van der Waals surface area contributed by atoms with Crippen molar-refractivity contribution in [1.82, 2.24) is 5.43 Å². The summed E-state index contributed by atoms with van der Waals surface area (Å²) in [6.07, 6.45) is 1.44. The van der Waals surface area contributed by atoms with Gasteiger partial charge in [0.2, 0.25) is 11.8 Å². The van der Waals surface area contributed by atoms with Crippen LogP contribution in [0.25, 0.3) is 0 Å². The highest BCUT2D eigenvalue weighted by Crippen LogP contribution is 2.36. The maximum atomic E-state index is 12.1. The Morgan fingerprint density at radius 3 is 2.48 bits per heavy atom. The molecule has 0 saturated carbocycles. The first kappa shape index (κ1) is 25.9. The van der Waals surface area contributed by atoms with E-state index in [1.807, 2.05) is 32.0 Å². The molecule has 0 heterocycles. The number of nitrogens with one attached hydrogen (secondary N) is 2. The number of hydrogen-bond acceptors (Lipinski definition) is 7. The Morgan fingerprint density at radius 2 is 1.79 bits per heavy atom. The van der Waals surface area contributed by atoms with Gasteiger partial charge in [-0.2, -0.15) is 5.10 Å². The van der Waals surface area contributed by atoms with Crippen molar-refractivity contribution >= 4 is 45.6 Å². The number of hydrazone groups is 1. The van der Waals surface area contributed by atoms with Gasteiger partial charge in [-0.25, -0.2) is 10.2 Å². The second-order valence-corrected chi connectivity index (χ2v) is 7.91. The van der Waals surface area contributed by atoms with Gasteiger partial charge in [-0.15, -0.1) is 0 Å². The lowest BCUT2D eigenvalue weighted by molar-refractivity contribution is -0.143. The molecule has 10 heteroatoms. The Labute approximate surface area is 200 Å². The molecule has 0 saturated heterocycles. The number of methoxy groups -OCH3 is 2. The molecule has 0 aliphatic carbocycles. The molecule has 2 aromatic carbocycles. The number of nitrogens with zero attached hydrogens (tertiary/aromatic N) is 1. The molecule has 9 nitrogen and oxygen atoms in total. The van der Waals surface area contributed by atoms with Crippen molar-refractivity contribution in [3.05, 3.63) is 51.5 Å². The van der Waals surface area contributed by atoms with Crippen molar-refractivity contribution in [3.63, 3.8) is 0 Å². The third-order valence-electron chi connectivity index (χ3n) is 4.46. The Bertz CT molecular complexity index is 1050. The molecular formula is C23H26BrN3O6. The fraction of sp³-hybridized carbons (Fsp3) is 0.304. The van der Waals surface area contributed by atoms with E-state index in [2.05, 4.69) is 36.5 Å². The number of carbonyl (C=O) groups is 3. The van der Waals surface area contributed by atoms with Crippen LogP contribution in [0.3, 0.4) is 0 Å². The molecule has 2 amide bonds. The van der Waals surface area contributed by atoms with Crippen LogP contribution in [0.1, 0.15) is 29.5 Å². The van der Waals surface area contributed by atoms with E-state index in [9.17, 15) is 14.4 Å². The molecule has 0 atom stereocenters. The lowest BCUT2D eigenvalue weighted by Gasteiger charge is -2.12. The number of amides is 2. The van der Waals surface area contributed by atoms with Gasteiger partial charge in [-0.1, -0.05) is 12.1 Å². The molecular weight excluding hydrogens is 494 g/mol. The number of aryl methyl sites for hydroxylation is 2. The van der Waals surface area contributed by atoms with E-state index >= 15 is 0 Å². The van der Waals surface area contributed by atoms with Crippen LogP contribution < -0.4 is 20.2 Å². The Balaban J connectivity index is 1.88. The van der Waals surface area contributed by atoms with Gasteiger partial charge in [0.05, 0.1) is 24.9 Å². The minimum atomic E-state index is -0.528. The maximum absolute atomic E-state index is 12.1. The number of halogens is 1. The van der Waals surface area contributed by atoms with E-state index in [0.717, 1.165) is 16.8 Å². The van der Waals surface area contributed by atoms with Crippen LogP contribution >= 0.6 is 15.9 Å². The minimum absolute atomic E-state index is 0.0125. The zero-order valence-corrected chi connectivity index (χ0v) is 20.4. The quantitative estimate of drug-likeness (QED) is 0.282. The molecule has 33 heavy (non-hydrogen) atoms. The summed E-state index contributed by atoms with van der Waals surface area (Å²) < 4.78 is 15.8. The van der Waals surface area contributed by atoms with Crippen molar-refractivity contribution < 1.29 is 28.6 Å². The van der Waals surface area contributed by atoms with Crippen LogP contribution in [-0.2, 0) is 19.1 Å². The number of esters is 1. The monoisotopic (exact) mass is 519 g/mol. The molecule has 0 radical (unpaired) electrons. The topological polar surface area (TPSA) is 115 Å². The summed E-state index contributed by atoms with van der Waals surface area (Å²) in [5.74, 6) is -0.478. The predicted octanol–water partition coefficient (Wildman–Crippen LogP) is 3.50. The Kier molecular flexibility index (Phi) is 9.86. The van der Waals surface area contributed by atoms with Gasteiger partial charge in [0.25, 0.3) is 0 Å². The fourth-order valence-corrected chi connectivity index (χ4v) is 3.26. The molecule has 0 aliphatic heterocycles. The van der Waals surface area contributed by atoms with Crippen molar-refractivity contribution in [2.75, 3.05) is 26.1 Å². The first-order valence-corrected chi connectivity index (χ1v) is 10.8. The molecule has 0 aromatic heterocycles. The van der Waals surface area contributed by atoms with Crippen molar-refractivity contribution in [1.29, 1.82) is 0 Å². The molecule has 2 N–H and O–H groups in total. The molecule has 0 spiro atoms. The van der Waals surface area contributed by atoms with Gasteiger partial charge in [0.15, 0.2) is 18.1 Å². The van der Waals surface area contributed by atoms with Gasteiger partial charge in [0.1, 0.15) is 0 Å². The van der Waals surface area contributed by atoms with Crippen LogP contribution in [0.4, 0.5) is 5.69 Å². The summed E-state index contributed by atoms with van der Waals surface area (Å²) >= 11 is 3.36. The SMILES string of the molecule is COC(=O)COc1c(Br)cc(C=NNC(=O)CCC(=O)Nc2cc(C)ccc2C)cc1OC. The van der Waals surface area contributed by atoms with Crippen molar-refractivity contribution in [2.45, 2.75) is 26.7 Å². The van der Waals surface area contributed by atoms with Crippen LogP contribution in [0.15, 0.2) is 39.9 Å². The minimum Gasteiger partial charge on any atom is -0.493 e. The Morgan fingerprint density at radius 1 is 1.06 bits per heavy atom. The van der Waals surface area contributed by atoms with Gasteiger partial charge < -0.3 is 19.5 Å². The van der Waals surface area contributed by atoms with Crippen LogP contribution in [0, 0.1) is 13.8 Å². The summed E-state index contributed by atoms with van der Waals surface area (Å²) in [7, 11) is 2.72. The van der Waals surface area contributed by atoms with Gasteiger partial charge in [-0.3, -0.25) is 9.59 Å². The lowest BCUT2D eigenvalue weighted by atomic mass is 10.1. The number of carbonyl (C=O) groups excluding carboxylic acids is 3. The van der Waals surface area contributed by atoms with Gasteiger partial charge in [-0.05, 0) is 64.7 Å². The average molecular weight is 520 g/mol. The molecule has 2 aromatic rings. The fourth-order valence-electron chi connectivity index (χ4n) is 2.69. The number of rotatable bonds is 10. The molecule has 176 valence electrons. The molecule has 0 unspecified atom stereocenters. The maximum Gasteiger partial charge on any atom is 0.343 e. The summed E-state index contributed by atoms with van der Waals surface area (Å²) in [5, 5.41) is 6.73.